The van der Waals surface area contributed by atoms with Crippen LogP contribution in [-0.4, -0.2) is 25.5 Å². The standard InChI is InChI=1S/C17H17N2O3/c1-22-17(21)14-6-4-9-18(11-14)12-16(20)19-10-8-13-5-2-3-7-15(13)19/h2-7,9,11H,8,10,12H2,1H3/q+1. The second-order valence-electron chi connectivity index (χ2n) is 5.18. The van der Waals surface area contributed by atoms with Gasteiger partial charge >= 0.3 is 5.97 Å². The Morgan fingerprint density at radius 1 is 1.23 bits per heavy atom. The molecule has 2 aromatic rings. The fourth-order valence-electron chi connectivity index (χ4n) is 2.70. The van der Waals surface area contributed by atoms with Gasteiger partial charge in [0.15, 0.2) is 12.4 Å². The average molecular weight is 297 g/mol. The quantitative estimate of drug-likeness (QED) is 0.635. The molecule has 1 aromatic carbocycles. The SMILES string of the molecule is COC(=O)c1ccc[n+](CC(=O)N2CCc3ccccc32)c1. The molecule has 112 valence electrons. The topological polar surface area (TPSA) is 50.5 Å². The number of rotatable bonds is 3. The zero-order chi connectivity index (χ0) is 15.5. The van der Waals surface area contributed by atoms with Crippen LogP contribution in [0.25, 0.3) is 0 Å². The van der Waals surface area contributed by atoms with E-state index in [1.807, 2.05) is 24.3 Å². The van der Waals surface area contributed by atoms with E-state index in [9.17, 15) is 9.59 Å². The summed E-state index contributed by atoms with van der Waals surface area (Å²) >= 11 is 0. The van der Waals surface area contributed by atoms with Crippen LogP contribution in [0.1, 0.15) is 15.9 Å². The number of hydrogen-bond acceptors (Lipinski definition) is 3. The van der Waals surface area contributed by atoms with E-state index in [0.29, 0.717) is 12.1 Å². The molecule has 22 heavy (non-hydrogen) atoms. The molecular formula is C17H17N2O3+. The maximum Gasteiger partial charge on any atom is 0.343 e. The van der Waals surface area contributed by atoms with Crippen molar-refractivity contribution in [2.24, 2.45) is 0 Å². The van der Waals surface area contributed by atoms with Crippen molar-refractivity contribution < 1.29 is 18.9 Å². The van der Waals surface area contributed by atoms with Crippen LogP contribution in [0.3, 0.4) is 0 Å². The highest BCUT2D eigenvalue weighted by molar-refractivity contribution is 5.94. The molecule has 1 amide bonds. The van der Waals surface area contributed by atoms with Gasteiger partial charge in [0.05, 0.1) is 7.11 Å². The van der Waals surface area contributed by atoms with Gasteiger partial charge in [0.25, 0.3) is 5.91 Å². The van der Waals surface area contributed by atoms with Crippen LogP contribution in [0.4, 0.5) is 5.69 Å². The van der Waals surface area contributed by atoms with Gasteiger partial charge in [0, 0.05) is 18.3 Å². The minimum absolute atomic E-state index is 0.0111. The smallest absolute Gasteiger partial charge is 0.343 e. The van der Waals surface area contributed by atoms with Crippen LogP contribution in [0.2, 0.25) is 0 Å². The number of hydrogen-bond donors (Lipinski definition) is 0. The Morgan fingerprint density at radius 3 is 2.86 bits per heavy atom. The molecule has 0 saturated heterocycles. The summed E-state index contributed by atoms with van der Waals surface area (Å²) < 4.78 is 6.40. The molecule has 2 heterocycles. The molecule has 0 spiro atoms. The second-order valence-corrected chi connectivity index (χ2v) is 5.18. The molecule has 0 N–H and O–H groups in total. The lowest BCUT2D eigenvalue weighted by atomic mass is 10.2. The summed E-state index contributed by atoms with van der Waals surface area (Å²) in [4.78, 5) is 25.9. The number of methoxy groups -OCH3 is 1. The van der Waals surface area contributed by atoms with Crippen molar-refractivity contribution in [3.05, 3.63) is 59.9 Å². The van der Waals surface area contributed by atoms with Gasteiger partial charge in [-0.1, -0.05) is 18.2 Å². The number of pyridine rings is 1. The summed E-state index contributed by atoms with van der Waals surface area (Å²) in [5, 5.41) is 0. The summed E-state index contributed by atoms with van der Waals surface area (Å²) in [7, 11) is 1.34. The Hall–Kier alpha value is -2.69. The van der Waals surface area contributed by atoms with Crippen LogP contribution in [0.5, 0.6) is 0 Å². The largest absolute Gasteiger partial charge is 0.465 e. The number of nitrogens with zero attached hydrogens (tertiary/aromatic N) is 2. The summed E-state index contributed by atoms with van der Waals surface area (Å²) in [6.07, 6.45) is 4.28. The molecule has 1 aliphatic rings. The first kappa shape index (κ1) is 14.3. The van der Waals surface area contributed by atoms with Crippen molar-refractivity contribution in [3.8, 4) is 0 Å². The Labute approximate surface area is 128 Å². The number of amides is 1. The maximum absolute atomic E-state index is 12.5. The number of carbonyl (C=O) groups is 2. The molecule has 3 rings (SSSR count). The monoisotopic (exact) mass is 297 g/mol. The van der Waals surface area contributed by atoms with E-state index in [1.54, 1.807) is 34.0 Å². The first-order valence-corrected chi connectivity index (χ1v) is 7.15. The lowest BCUT2D eigenvalue weighted by Gasteiger charge is -2.15. The van der Waals surface area contributed by atoms with Crippen LogP contribution in [0, 0.1) is 0 Å². The van der Waals surface area contributed by atoms with Crippen molar-refractivity contribution in [1.29, 1.82) is 0 Å². The molecule has 5 heteroatoms. The van der Waals surface area contributed by atoms with Gasteiger partial charge in [-0.2, -0.15) is 4.57 Å². The van der Waals surface area contributed by atoms with Crippen LogP contribution >= 0.6 is 0 Å². The van der Waals surface area contributed by atoms with E-state index in [-0.39, 0.29) is 12.5 Å². The molecular weight excluding hydrogens is 280 g/mol. The van der Waals surface area contributed by atoms with Crippen LogP contribution < -0.4 is 9.47 Å². The molecule has 1 aromatic heterocycles. The van der Waals surface area contributed by atoms with Gasteiger partial charge in [-0.25, -0.2) is 4.79 Å². The van der Waals surface area contributed by atoms with E-state index in [1.165, 1.54) is 12.7 Å². The fourth-order valence-corrected chi connectivity index (χ4v) is 2.70. The third-order valence-electron chi connectivity index (χ3n) is 3.79. The Bertz CT molecular complexity index is 727. The zero-order valence-corrected chi connectivity index (χ0v) is 12.4. The summed E-state index contributed by atoms with van der Waals surface area (Å²) in [6.45, 7) is 0.897. The van der Waals surface area contributed by atoms with Gasteiger partial charge in [0.2, 0.25) is 6.54 Å². The molecule has 0 radical (unpaired) electrons. The van der Waals surface area contributed by atoms with Gasteiger partial charge < -0.3 is 9.64 Å². The van der Waals surface area contributed by atoms with Gasteiger partial charge in [-0.3, -0.25) is 4.79 Å². The number of anilines is 1. The number of aromatic nitrogens is 1. The van der Waals surface area contributed by atoms with Crippen LogP contribution in [0.15, 0.2) is 48.8 Å². The Balaban J connectivity index is 1.77. The van der Waals surface area contributed by atoms with Crippen molar-refractivity contribution in [3.63, 3.8) is 0 Å². The van der Waals surface area contributed by atoms with Crippen LogP contribution in [-0.2, 0) is 22.5 Å². The molecule has 0 bridgehead atoms. The summed E-state index contributed by atoms with van der Waals surface area (Å²) in [5.41, 5.74) is 2.61. The first-order valence-electron chi connectivity index (χ1n) is 7.15. The Kier molecular flexibility index (Phi) is 3.87. The highest BCUT2D eigenvalue weighted by atomic mass is 16.5. The number of esters is 1. The molecule has 0 unspecified atom stereocenters. The van der Waals surface area contributed by atoms with Gasteiger partial charge in [0.1, 0.15) is 5.56 Å². The first-order chi connectivity index (χ1) is 10.7. The number of para-hydroxylation sites is 1. The number of ether oxygens (including phenoxy) is 1. The molecule has 1 aliphatic heterocycles. The third-order valence-corrected chi connectivity index (χ3v) is 3.79. The lowest BCUT2D eigenvalue weighted by Crippen LogP contribution is -2.44. The molecule has 0 aliphatic carbocycles. The summed E-state index contributed by atoms with van der Waals surface area (Å²) in [5.74, 6) is -0.398. The summed E-state index contributed by atoms with van der Waals surface area (Å²) in [6, 6.07) is 11.3. The number of carbonyl (C=O) groups excluding carboxylic acids is 2. The van der Waals surface area contributed by atoms with Crippen molar-refractivity contribution in [2.45, 2.75) is 13.0 Å². The zero-order valence-electron chi connectivity index (χ0n) is 12.4. The number of fused-ring (bicyclic) bond motifs is 1. The second kappa shape index (κ2) is 5.97. The minimum atomic E-state index is -0.409. The van der Waals surface area contributed by atoms with E-state index >= 15 is 0 Å². The van der Waals surface area contributed by atoms with E-state index in [4.69, 9.17) is 4.74 Å². The lowest BCUT2D eigenvalue weighted by molar-refractivity contribution is -0.684. The Morgan fingerprint density at radius 2 is 2.05 bits per heavy atom. The highest BCUT2D eigenvalue weighted by Gasteiger charge is 2.26. The van der Waals surface area contributed by atoms with E-state index in [2.05, 4.69) is 0 Å². The van der Waals surface area contributed by atoms with E-state index < -0.39 is 5.97 Å². The fraction of sp³-hybridized carbons (Fsp3) is 0.235. The predicted octanol–water partition coefficient (Wildman–Crippen LogP) is 1.35. The average Bonchev–Trinajstić information content (AvgIpc) is 2.98. The highest BCUT2D eigenvalue weighted by Crippen LogP contribution is 2.27. The van der Waals surface area contributed by atoms with Crippen molar-refractivity contribution in [2.75, 3.05) is 18.6 Å². The minimum Gasteiger partial charge on any atom is -0.465 e. The van der Waals surface area contributed by atoms with Crippen molar-refractivity contribution >= 4 is 17.6 Å². The van der Waals surface area contributed by atoms with E-state index in [0.717, 1.165) is 12.1 Å². The normalized spacial score (nSPS) is 12.9. The molecule has 0 fully saturated rings. The van der Waals surface area contributed by atoms with Crippen molar-refractivity contribution in [1.82, 2.24) is 0 Å². The molecule has 0 saturated carbocycles. The van der Waals surface area contributed by atoms with Gasteiger partial charge in [-0.05, 0) is 24.1 Å². The van der Waals surface area contributed by atoms with Gasteiger partial charge in [-0.15, -0.1) is 0 Å². The predicted molar refractivity (Wildman–Crippen MR) is 80.5 cm³/mol. The molecule has 5 nitrogen and oxygen atoms in total. The maximum atomic E-state index is 12.5. The third kappa shape index (κ3) is 2.70. The molecule has 0 atom stereocenters. The number of benzene rings is 1.